The van der Waals surface area contributed by atoms with E-state index in [0.29, 0.717) is 49.5 Å². The summed E-state index contributed by atoms with van der Waals surface area (Å²) in [6.45, 7) is 4.58. The Balaban J connectivity index is 1.56. The van der Waals surface area contributed by atoms with Crippen LogP contribution in [0.1, 0.15) is 45.9 Å². The summed E-state index contributed by atoms with van der Waals surface area (Å²) in [5, 5.41) is 8.83. The summed E-state index contributed by atoms with van der Waals surface area (Å²) >= 11 is 1.61. The molecule has 0 saturated carbocycles. The minimum absolute atomic E-state index is 0.00847. The Labute approximate surface area is 219 Å². The Morgan fingerprint density at radius 1 is 1.14 bits per heavy atom. The molecule has 0 atom stereocenters. The van der Waals surface area contributed by atoms with Crippen LogP contribution in [0.3, 0.4) is 0 Å². The molecule has 3 heterocycles. The number of thiazole rings is 1. The zero-order valence-corrected chi connectivity index (χ0v) is 21.8. The molecule has 2 amide bonds. The third-order valence-corrected chi connectivity index (χ3v) is 6.87. The van der Waals surface area contributed by atoms with E-state index in [1.807, 2.05) is 12.3 Å². The van der Waals surface area contributed by atoms with Crippen LogP contribution in [0.5, 0.6) is 17.2 Å². The third-order valence-electron chi connectivity index (χ3n) is 6.05. The van der Waals surface area contributed by atoms with Gasteiger partial charge in [-0.25, -0.2) is 9.37 Å². The average Bonchev–Trinajstić information content (AvgIpc) is 3.29. The number of ether oxygens (including phenoxy) is 2. The predicted octanol–water partition coefficient (Wildman–Crippen LogP) is 4.42. The predicted molar refractivity (Wildman–Crippen MR) is 140 cm³/mol. The maximum absolute atomic E-state index is 14.7. The van der Waals surface area contributed by atoms with E-state index in [2.05, 4.69) is 20.5 Å². The van der Waals surface area contributed by atoms with Gasteiger partial charge in [-0.1, -0.05) is 6.07 Å². The fraction of sp³-hybridized carbons (Fsp3) is 0.370. The number of hydrogen-bond donors (Lipinski definition) is 2. The van der Waals surface area contributed by atoms with Crippen molar-refractivity contribution in [3.05, 3.63) is 69.4 Å². The summed E-state index contributed by atoms with van der Waals surface area (Å²) < 4.78 is 26.1. The lowest BCUT2D eigenvalue weighted by Crippen LogP contribution is -2.31. The summed E-state index contributed by atoms with van der Waals surface area (Å²) in [5.74, 6) is 0.0795. The van der Waals surface area contributed by atoms with Crippen molar-refractivity contribution in [3.63, 3.8) is 0 Å². The zero-order chi connectivity index (χ0) is 26.2. The smallest absolute Gasteiger partial charge is 0.251 e. The highest BCUT2D eigenvalue weighted by Crippen LogP contribution is 2.34. The van der Waals surface area contributed by atoms with Gasteiger partial charge in [-0.15, -0.1) is 11.3 Å². The monoisotopic (exact) mass is 526 g/mol. The van der Waals surface area contributed by atoms with E-state index in [1.54, 1.807) is 35.6 Å². The number of carbonyl (C=O) groups excluding carboxylic acids is 2. The molecule has 5 rings (SSSR count). The minimum atomic E-state index is -0.483. The summed E-state index contributed by atoms with van der Waals surface area (Å²) in [6.07, 6.45) is 1.69. The fourth-order valence-electron chi connectivity index (χ4n) is 4.14. The molecular formula is C27H31FN4O4S. The van der Waals surface area contributed by atoms with Crippen LogP contribution in [0.15, 0.2) is 41.8 Å². The van der Waals surface area contributed by atoms with Gasteiger partial charge in [-0.2, -0.15) is 0 Å². The number of methoxy groups -OCH3 is 1. The molecule has 2 bridgehead atoms. The van der Waals surface area contributed by atoms with Crippen molar-refractivity contribution in [1.82, 2.24) is 20.5 Å². The van der Waals surface area contributed by atoms with E-state index in [-0.39, 0.29) is 29.7 Å². The van der Waals surface area contributed by atoms with Gasteiger partial charge in [0.05, 0.1) is 17.8 Å². The highest BCUT2D eigenvalue weighted by molar-refractivity contribution is 7.09. The Morgan fingerprint density at radius 2 is 1.97 bits per heavy atom. The second-order valence-corrected chi connectivity index (χ2v) is 9.87. The first-order valence-corrected chi connectivity index (χ1v) is 13.1. The molecular weight excluding hydrogens is 495 g/mol. The molecule has 2 aliphatic heterocycles. The number of benzene rings is 2. The molecule has 37 heavy (non-hydrogen) atoms. The molecule has 10 heteroatoms. The van der Waals surface area contributed by atoms with Gasteiger partial charge >= 0.3 is 0 Å². The second kappa shape index (κ2) is 12.6. The standard InChI is InChI=1S/C27H31FN4O4S/c1-18-31-20(17-37-18)16-32-12-4-8-26(33)30-15-21-22(28)6-3-7-23(21)36-24-10-9-19(14-25(24)35-2)27(34)29-11-5-13-32/h3,6-7,9-10,14,17H,4-5,8,11-13,15-16H2,1-2H3,(H,29,34)(H,30,33). The molecule has 0 aliphatic carbocycles. The van der Waals surface area contributed by atoms with Crippen LogP contribution in [0.2, 0.25) is 0 Å². The third kappa shape index (κ3) is 7.27. The Morgan fingerprint density at radius 3 is 2.76 bits per heavy atom. The lowest BCUT2D eigenvalue weighted by atomic mass is 10.1. The van der Waals surface area contributed by atoms with Crippen molar-refractivity contribution in [3.8, 4) is 17.2 Å². The lowest BCUT2D eigenvalue weighted by molar-refractivity contribution is -0.121. The SMILES string of the molecule is COc1cc2ccc1Oc1cccc(F)c1CNC(=O)CCCN(Cc1csc(C)n1)CCCNC2=O. The maximum Gasteiger partial charge on any atom is 0.251 e. The van der Waals surface area contributed by atoms with E-state index in [1.165, 1.54) is 19.2 Å². The summed E-state index contributed by atoms with van der Waals surface area (Å²) in [5.41, 5.74) is 1.66. The van der Waals surface area contributed by atoms with Crippen LogP contribution in [-0.4, -0.2) is 48.4 Å². The van der Waals surface area contributed by atoms with Gasteiger partial charge < -0.3 is 20.1 Å². The average molecular weight is 527 g/mol. The van der Waals surface area contributed by atoms with E-state index in [0.717, 1.165) is 23.7 Å². The normalized spacial score (nSPS) is 16.0. The first kappa shape index (κ1) is 26.6. The molecule has 2 aliphatic rings. The van der Waals surface area contributed by atoms with Gasteiger partial charge in [0, 0.05) is 49.1 Å². The molecule has 0 unspecified atom stereocenters. The summed E-state index contributed by atoms with van der Waals surface area (Å²) in [4.78, 5) is 32.1. The van der Waals surface area contributed by atoms with Crippen LogP contribution < -0.4 is 20.1 Å². The molecule has 0 radical (unpaired) electrons. The second-order valence-electron chi connectivity index (χ2n) is 8.81. The molecule has 196 valence electrons. The van der Waals surface area contributed by atoms with Gasteiger partial charge in [0.2, 0.25) is 5.91 Å². The number of nitrogens with zero attached hydrogens (tertiary/aromatic N) is 2. The van der Waals surface area contributed by atoms with Crippen molar-refractivity contribution in [2.75, 3.05) is 26.7 Å². The number of aromatic nitrogens is 1. The van der Waals surface area contributed by atoms with E-state index in [9.17, 15) is 14.0 Å². The fourth-order valence-corrected chi connectivity index (χ4v) is 4.75. The van der Waals surface area contributed by atoms with Crippen molar-refractivity contribution in [2.45, 2.75) is 39.3 Å². The zero-order valence-electron chi connectivity index (χ0n) is 21.0. The van der Waals surface area contributed by atoms with Gasteiger partial charge in [-0.3, -0.25) is 14.5 Å². The van der Waals surface area contributed by atoms with E-state index >= 15 is 0 Å². The van der Waals surface area contributed by atoms with Gasteiger partial charge in [0.25, 0.3) is 5.91 Å². The Bertz CT molecular complexity index is 1250. The lowest BCUT2D eigenvalue weighted by Gasteiger charge is -2.21. The molecule has 1 aromatic heterocycles. The van der Waals surface area contributed by atoms with Crippen LogP contribution in [0.25, 0.3) is 0 Å². The van der Waals surface area contributed by atoms with Crippen LogP contribution >= 0.6 is 11.3 Å². The van der Waals surface area contributed by atoms with E-state index < -0.39 is 5.82 Å². The quantitative estimate of drug-likeness (QED) is 0.525. The molecule has 2 aromatic carbocycles. The topological polar surface area (TPSA) is 92.8 Å². The number of nitrogens with one attached hydrogen (secondary N) is 2. The Kier molecular flexibility index (Phi) is 9.08. The molecule has 0 saturated heterocycles. The highest BCUT2D eigenvalue weighted by atomic mass is 32.1. The number of amides is 2. The molecule has 8 nitrogen and oxygen atoms in total. The van der Waals surface area contributed by atoms with E-state index in [4.69, 9.17) is 9.47 Å². The van der Waals surface area contributed by atoms with Crippen LogP contribution in [-0.2, 0) is 17.9 Å². The van der Waals surface area contributed by atoms with Gasteiger partial charge in [-0.05, 0) is 56.6 Å². The van der Waals surface area contributed by atoms with Crippen LogP contribution in [0, 0.1) is 12.7 Å². The summed E-state index contributed by atoms with van der Waals surface area (Å²) in [7, 11) is 1.48. The van der Waals surface area contributed by atoms with Crippen molar-refractivity contribution < 1.29 is 23.5 Å². The van der Waals surface area contributed by atoms with Crippen LogP contribution in [0.4, 0.5) is 4.39 Å². The number of carbonyl (C=O) groups is 2. The number of rotatable bonds is 3. The first-order valence-electron chi connectivity index (χ1n) is 12.2. The first-order chi connectivity index (χ1) is 17.9. The maximum atomic E-state index is 14.7. The number of hydrogen-bond acceptors (Lipinski definition) is 7. The number of aryl methyl sites for hydroxylation is 1. The Hall–Kier alpha value is -3.50. The van der Waals surface area contributed by atoms with Gasteiger partial charge in [0.15, 0.2) is 11.5 Å². The van der Waals surface area contributed by atoms with Crippen molar-refractivity contribution in [2.24, 2.45) is 0 Å². The molecule has 3 aromatic rings. The number of halogens is 1. The number of fused-ring (bicyclic) bond motifs is 13. The largest absolute Gasteiger partial charge is 0.493 e. The van der Waals surface area contributed by atoms with Gasteiger partial charge in [0.1, 0.15) is 11.6 Å². The molecule has 0 spiro atoms. The molecule has 0 fully saturated rings. The van der Waals surface area contributed by atoms with Crippen molar-refractivity contribution >= 4 is 23.2 Å². The minimum Gasteiger partial charge on any atom is -0.493 e. The highest BCUT2D eigenvalue weighted by Gasteiger charge is 2.17. The molecule has 2 N–H and O–H groups in total. The van der Waals surface area contributed by atoms with Crippen molar-refractivity contribution in [1.29, 1.82) is 0 Å². The summed E-state index contributed by atoms with van der Waals surface area (Å²) in [6, 6.07) is 9.35.